The van der Waals surface area contributed by atoms with E-state index in [-0.39, 0.29) is 17.3 Å². The summed E-state index contributed by atoms with van der Waals surface area (Å²) in [5, 5.41) is 12.9. The van der Waals surface area contributed by atoms with Crippen LogP contribution in [0.4, 0.5) is 14.5 Å². The number of nitrogens with one attached hydrogen (secondary N) is 1. The molecule has 5 heteroatoms. The largest absolute Gasteiger partial charge is 0.505 e. The third-order valence-corrected chi connectivity index (χ3v) is 4.60. The van der Waals surface area contributed by atoms with Crippen molar-refractivity contribution < 1.29 is 13.9 Å². The van der Waals surface area contributed by atoms with Crippen LogP contribution in [0.5, 0.6) is 5.75 Å². The Labute approximate surface area is 124 Å². The van der Waals surface area contributed by atoms with Crippen LogP contribution < -0.4 is 10.2 Å². The fraction of sp³-hybridized carbons (Fsp3) is 0.625. The first-order valence-corrected chi connectivity index (χ1v) is 7.60. The van der Waals surface area contributed by atoms with E-state index >= 15 is 0 Å². The maximum absolute atomic E-state index is 14.2. The summed E-state index contributed by atoms with van der Waals surface area (Å²) in [5.74, 6) is -1.96. The lowest BCUT2D eigenvalue weighted by Gasteiger charge is -2.52. The number of hydrogen-bond acceptors (Lipinski definition) is 3. The van der Waals surface area contributed by atoms with Gasteiger partial charge in [-0.2, -0.15) is 0 Å². The number of fused-ring (bicyclic) bond motifs is 1. The molecule has 2 N–H and O–H groups in total. The molecular weight excluding hydrogens is 274 g/mol. The maximum Gasteiger partial charge on any atom is 0.167 e. The van der Waals surface area contributed by atoms with E-state index in [1.165, 1.54) is 6.42 Å². The molecule has 0 unspecified atom stereocenters. The average Bonchev–Trinajstić information content (AvgIpc) is 2.41. The fourth-order valence-electron chi connectivity index (χ4n) is 3.75. The molecule has 1 heterocycles. The molecular formula is C16H22F2N2O. The van der Waals surface area contributed by atoms with Gasteiger partial charge in [-0.3, -0.25) is 0 Å². The molecule has 0 amide bonds. The number of benzene rings is 1. The van der Waals surface area contributed by atoms with E-state index in [9.17, 15) is 13.9 Å². The molecule has 2 fully saturated rings. The van der Waals surface area contributed by atoms with Gasteiger partial charge in [-0.1, -0.05) is 12.8 Å². The van der Waals surface area contributed by atoms with Gasteiger partial charge in [-0.25, -0.2) is 8.78 Å². The Hall–Kier alpha value is -1.36. The summed E-state index contributed by atoms with van der Waals surface area (Å²) in [6.07, 6.45) is 4.33. The van der Waals surface area contributed by atoms with E-state index in [4.69, 9.17) is 0 Å². The summed E-state index contributed by atoms with van der Waals surface area (Å²) >= 11 is 0. The third kappa shape index (κ3) is 2.71. The molecule has 1 saturated heterocycles. The third-order valence-electron chi connectivity index (χ3n) is 4.60. The number of rotatable bonds is 1. The van der Waals surface area contributed by atoms with Crippen molar-refractivity contribution in [2.45, 2.75) is 57.2 Å². The second-order valence-corrected chi connectivity index (χ2v) is 6.87. The van der Waals surface area contributed by atoms with Crippen LogP contribution >= 0.6 is 0 Å². The van der Waals surface area contributed by atoms with Gasteiger partial charge in [0.2, 0.25) is 0 Å². The standard InChI is InChI=1S/C16H22F2N2O/c1-16(2)9-20(13-6-4-3-5-12(13)19-16)14-7-11(18)15(21)8-10(14)17/h7-8,12-13,19,21H,3-6,9H2,1-2H3/t12-,13-/m0/s1. The smallest absolute Gasteiger partial charge is 0.167 e. The topological polar surface area (TPSA) is 35.5 Å². The monoisotopic (exact) mass is 296 g/mol. The number of anilines is 1. The summed E-state index contributed by atoms with van der Waals surface area (Å²) in [6, 6.07) is 2.49. The lowest BCUT2D eigenvalue weighted by molar-refractivity contribution is 0.198. The molecule has 0 spiro atoms. The molecule has 1 saturated carbocycles. The first kappa shape index (κ1) is 14.6. The molecule has 0 aromatic heterocycles. The van der Waals surface area contributed by atoms with Crippen LogP contribution in [-0.2, 0) is 0 Å². The predicted molar refractivity (Wildman–Crippen MR) is 78.6 cm³/mol. The molecule has 0 bridgehead atoms. The van der Waals surface area contributed by atoms with Crippen molar-refractivity contribution in [3.05, 3.63) is 23.8 Å². The number of piperazine rings is 1. The Balaban J connectivity index is 2.00. The molecule has 116 valence electrons. The SMILES string of the molecule is CC1(C)CN(c2cc(F)c(O)cc2F)[C@H]2CCCC[C@@H]2N1. The molecule has 1 aliphatic heterocycles. The number of phenols is 1. The average molecular weight is 296 g/mol. The van der Waals surface area contributed by atoms with Crippen molar-refractivity contribution in [3.63, 3.8) is 0 Å². The van der Waals surface area contributed by atoms with Gasteiger partial charge in [-0.05, 0) is 26.7 Å². The van der Waals surface area contributed by atoms with Crippen molar-refractivity contribution in [2.75, 3.05) is 11.4 Å². The molecule has 1 aromatic carbocycles. The predicted octanol–water partition coefficient (Wildman–Crippen LogP) is 3.17. The fourth-order valence-corrected chi connectivity index (χ4v) is 3.75. The second kappa shape index (κ2) is 5.13. The zero-order valence-electron chi connectivity index (χ0n) is 12.5. The van der Waals surface area contributed by atoms with E-state index in [0.717, 1.165) is 31.4 Å². The Morgan fingerprint density at radius 2 is 1.90 bits per heavy atom. The van der Waals surface area contributed by atoms with Crippen LogP contribution in [0.1, 0.15) is 39.5 Å². The maximum atomic E-state index is 14.2. The van der Waals surface area contributed by atoms with Gasteiger partial charge < -0.3 is 15.3 Å². The normalized spacial score (nSPS) is 28.3. The highest BCUT2D eigenvalue weighted by Crippen LogP contribution is 2.36. The number of phenolic OH excluding ortho intramolecular Hbond substituents is 1. The van der Waals surface area contributed by atoms with Crippen LogP contribution in [0.3, 0.4) is 0 Å². The van der Waals surface area contributed by atoms with Crippen molar-refractivity contribution in [2.24, 2.45) is 0 Å². The zero-order valence-corrected chi connectivity index (χ0v) is 12.5. The van der Waals surface area contributed by atoms with Crippen LogP contribution in [0.15, 0.2) is 12.1 Å². The second-order valence-electron chi connectivity index (χ2n) is 6.87. The molecule has 2 aliphatic rings. The quantitative estimate of drug-likeness (QED) is 0.835. The summed E-state index contributed by atoms with van der Waals surface area (Å²) in [7, 11) is 0. The summed E-state index contributed by atoms with van der Waals surface area (Å²) in [6.45, 7) is 4.79. The zero-order chi connectivity index (χ0) is 15.2. The van der Waals surface area contributed by atoms with Gasteiger partial charge in [0.05, 0.1) is 5.69 Å². The van der Waals surface area contributed by atoms with Crippen LogP contribution in [0.25, 0.3) is 0 Å². The Kier molecular flexibility index (Phi) is 3.56. The van der Waals surface area contributed by atoms with Crippen LogP contribution in [0, 0.1) is 11.6 Å². The molecule has 1 aromatic rings. The highest BCUT2D eigenvalue weighted by molar-refractivity contribution is 5.53. The highest BCUT2D eigenvalue weighted by Gasteiger charge is 2.41. The first-order chi connectivity index (χ1) is 9.87. The molecule has 1 aliphatic carbocycles. The van der Waals surface area contributed by atoms with Gasteiger partial charge in [0.15, 0.2) is 11.6 Å². The summed E-state index contributed by atoms with van der Waals surface area (Å²) < 4.78 is 27.9. The van der Waals surface area contributed by atoms with Crippen molar-refractivity contribution in [3.8, 4) is 5.75 Å². The lowest BCUT2D eigenvalue weighted by atomic mass is 9.83. The van der Waals surface area contributed by atoms with Crippen LogP contribution in [0.2, 0.25) is 0 Å². The summed E-state index contributed by atoms with van der Waals surface area (Å²) in [4.78, 5) is 1.98. The Morgan fingerprint density at radius 1 is 1.19 bits per heavy atom. The first-order valence-electron chi connectivity index (χ1n) is 7.60. The minimum atomic E-state index is -0.768. The van der Waals surface area contributed by atoms with Gasteiger partial charge in [0.1, 0.15) is 5.82 Å². The van der Waals surface area contributed by atoms with Gasteiger partial charge in [0.25, 0.3) is 0 Å². The number of nitrogens with zero attached hydrogens (tertiary/aromatic N) is 1. The summed E-state index contributed by atoms with van der Waals surface area (Å²) in [5.41, 5.74) is 0.107. The van der Waals surface area contributed by atoms with E-state index in [0.29, 0.717) is 12.6 Å². The van der Waals surface area contributed by atoms with Gasteiger partial charge >= 0.3 is 0 Å². The number of halogens is 2. The van der Waals surface area contributed by atoms with Crippen molar-refractivity contribution >= 4 is 5.69 Å². The highest BCUT2D eigenvalue weighted by atomic mass is 19.1. The number of hydrogen-bond donors (Lipinski definition) is 2. The van der Waals surface area contributed by atoms with Crippen LogP contribution in [-0.4, -0.2) is 29.3 Å². The lowest BCUT2D eigenvalue weighted by Crippen LogP contribution is -2.67. The van der Waals surface area contributed by atoms with E-state index < -0.39 is 17.4 Å². The van der Waals surface area contributed by atoms with Crippen molar-refractivity contribution in [1.29, 1.82) is 0 Å². The minimum Gasteiger partial charge on any atom is -0.505 e. The Morgan fingerprint density at radius 3 is 2.67 bits per heavy atom. The van der Waals surface area contributed by atoms with Crippen molar-refractivity contribution in [1.82, 2.24) is 5.32 Å². The van der Waals surface area contributed by atoms with Gasteiger partial charge in [0, 0.05) is 36.3 Å². The van der Waals surface area contributed by atoms with Gasteiger partial charge in [-0.15, -0.1) is 0 Å². The van der Waals surface area contributed by atoms with E-state index in [2.05, 4.69) is 19.2 Å². The molecule has 3 rings (SSSR count). The number of aromatic hydroxyl groups is 1. The molecule has 2 atom stereocenters. The minimum absolute atomic E-state index is 0.153. The molecule has 21 heavy (non-hydrogen) atoms. The van der Waals surface area contributed by atoms with E-state index in [1.54, 1.807) is 0 Å². The van der Waals surface area contributed by atoms with E-state index in [1.807, 2.05) is 4.90 Å². The Bertz CT molecular complexity index is 547. The molecule has 3 nitrogen and oxygen atoms in total. The molecule has 0 radical (unpaired) electrons.